The SMILES string of the molecule is COc1nccnc1OC1CCN(C(=O)c2ccc(=O)n(C)n2)C1. The zero-order chi connectivity index (χ0) is 17.1. The molecule has 9 nitrogen and oxygen atoms in total. The Morgan fingerprint density at radius 3 is 2.71 bits per heavy atom. The van der Waals surface area contributed by atoms with Crippen molar-refractivity contribution in [3.63, 3.8) is 0 Å². The van der Waals surface area contributed by atoms with E-state index in [-0.39, 0.29) is 23.3 Å². The maximum atomic E-state index is 12.5. The third kappa shape index (κ3) is 3.19. The van der Waals surface area contributed by atoms with Crippen LogP contribution in [0.15, 0.2) is 29.3 Å². The molecule has 9 heteroatoms. The lowest BCUT2D eigenvalue weighted by Gasteiger charge is -2.17. The van der Waals surface area contributed by atoms with Gasteiger partial charge in [-0.2, -0.15) is 5.10 Å². The van der Waals surface area contributed by atoms with Gasteiger partial charge < -0.3 is 14.4 Å². The smallest absolute Gasteiger partial charge is 0.278 e. The fourth-order valence-electron chi connectivity index (χ4n) is 2.48. The van der Waals surface area contributed by atoms with Gasteiger partial charge in [-0.3, -0.25) is 9.59 Å². The zero-order valence-electron chi connectivity index (χ0n) is 13.4. The molecule has 0 spiro atoms. The molecule has 2 aromatic rings. The third-order valence-electron chi connectivity index (χ3n) is 3.72. The number of hydrogen-bond donors (Lipinski definition) is 0. The lowest BCUT2D eigenvalue weighted by Crippen LogP contribution is -2.33. The van der Waals surface area contributed by atoms with Gasteiger partial charge in [0.05, 0.1) is 13.7 Å². The highest BCUT2D eigenvalue weighted by Gasteiger charge is 2.30. The normalized spacial score (nSPS) is 16.9. The summed E-state index contributed by atoms with van der Waals surface area (Å²) in [6, 6.07) is 2.76. The average molecular weight is 331 g/mol. The maximum absolute atomic E-state index is 12.5. The number of likely N-dealkylation sites (tertiary alicyclic amines) is 1. The molecular formula is C15H17N5O4. The lowest BCUT2D eigenvalue weighted by atomic mass is 10.3. The second-order valence-corrected chi connectivity index (χ2v) is 5.33. The average Bonchev–Trinajstić information content (AvgIpc) is 3.05. The quantitative estimate of drug-likeness (QED) is 0.769. The molecule has 0 radical (unpaired) electrons. The molecular weight excluding hydrogens is 314 g/mol. The molecule has 1 atom stereocenters. The number of nitrogens with zero attached hydrogens (tertiary/aromatic N) is 5. The summed E-state index contributed by atoms with van der Waals surface area (Å²) in [6.45, 7) is 0.944. The van der Waals surface area contributed by atoms with Crippen LogP contribution in [0, 0.1) is 0 Å². The van der Waals surface area contributed by atoms with E-state index in [1.807, 2.05) is 0 Å². The van der Waals surface area contributed by atoms with Gasteiger partial charge in [0.1, 0.15) is 11.8 Å². The Kier molecular flexibility index (Phi) is 4.41. The molecule has 0 aromatic carbocycles. The number of methoxy groups -OCH3 is 1. The highest BCUT2D eigenvalue weighted by molar-refractivity contribution is 5.92. The topological polar surface area (TPSA) is 99.4 Å². The molecule has 0 aliphatic carbocycles. The molecule has 24 heavy (non-hydrogen) atoms. The van der Waals surface area contributed by atoms with E-state index >= 15 is 0 Å². The van der Waals surface area contributed by atoms with E-state index in [9.17, 15) is 9.59 Å². The first-order chi connectivity index (χ1) is 11.6. The summed E-state index contributed by atoms with van der Waals surface area (Å²) in [5.41, 5.74) is -0.0289. The standard InChI is InChI=1S/C15H17N5O4/c1-19-12(21)4-3-11(18-19)15(22)20-8-5-10(9-20)24-14-13(23-2)16-6-7-17-14/h3-4,6-7,10H,5,8-9H2,1-2H3. The summed E-state index contributed by atoms with van der Waals surface area (Å²) in [6.07, 6.45) is 3.50. The van der Waals surface area contributed by atoms with Gasteiger partial charge in [-0.1, -0.05) is 0 Å². The molecule has 0 N–H and O–H groups in total. The second-order valence-electron chi connectivity index (χ2n) is 5.33. The van der Waals surface area contributed by atoms with Gasteiger partial charge in [-0.25, -0.2) is 14.6 Å². The van der Waals surface area contributed by atoms with Crippen molar-refractivity contribution in [2.24, 2.45) is 7.05 Å². The fraction of sp³-hybridized carbons (Fsp3) is 0.400. The van der Waals surface area contributed by atoms with E-state index in [0.29, 0.717) is 31.3 Å². The van der Waals surface area contributed by atoms with Crippen LogP contribution in [0.2, 0.25) is 0 Å². The molecule has 0 bridgehead atoms. The fourth-order valence-corrected chi connectivity index (χ4v) is 2.48. The highest BCUT2D eigenvalue weighted by Crippen LogP contribution is 2.24. The summed E-state index contributed by atoms with van der Waals surface area (Å²) in [4.78, 5) is 33.6. The Bertz CT molecular complexity index is 806. The second kappa shape index (κ2) is 6.65. The number of carbonyl (C=O) groups is 1. The van der Waals surface area contributed by atoms with E-state index in [1.54, 1.807) is 4.90 Å². The van der Waals surface area contributed by atoms with Gasteiger partial charge in [-0.15, -0.1) is 0 Å². The molecule has 1 aliphatic heterocycles. The highest BCUT2D eigenvalue weighted by atomic mass is 16.5. The van der Waals surface area contributed by atoms with Gasteiger partial charge in [-0.05, 0) is 6.07 Å². The number of aryl methyl sites for hydroxylation is 1. The van der Waals surface area contributed by atoms with Crippen LogP contribution >= 0.6 is 0 Å². The summed E-state index contributed by atoms with van der Waals surface area (Å²) in [5.74, 6) is 0.379. The molecule has 3 rings (SSSR count). The van der Waals surface area contributed by atoms with Crippen LogP contribution in [-0.4, -0.2) is 56.9 Å². The van der Waals surface area contributed by atoms with Gasteiger partial charge in [0.2, 0.25) is 0 Å². The largest absolute Gasteiger partial charge is 0.477 e. The summed E-state index contributed by atoms with van der Waals surface area (Å²) in [7, 11) is 3.00. The van der Waals surface area contributed by atoms with Crippen LogP contribution in [0.25, 0.3) is 0 Å². The van der Waals surface area contributed by atoms with Crippen molar-refractivity contribution in [2.45, 2.75) is 12.5 Å². The number of carbonyl (C=O) groups excluding carboxylic acids is 1. The Balaban J connectivity index is 1.67. The van der Waals surface area contributed by atoms with E-state index in [1.165, 1.54) is 38.7 Å². The van der Waals surface area contributed by atoms with E-state index in [4.69, 9.17) is 9.47 Å². The molecule has 1 aliphatic rings. The molecule has 0 saturated carbocycles. The summed E-state index contributed by atoms with van der Waals surface area (Å²) < 4.78 is 12.0. The van der Waals surface area contributed by atoms with Crippen LogP contribution in [0.1, 0.15) is 16.9 Å². The molecule has 126 valence electrons. The van der Waals surface area contributed by atoms with Crippen molar-refractivity contribution in [3.05, 3.63) is 40.6 Å². The predicted octanol–water partition coefficient (Wildman–Crippen LogP) is -0.128. The van der Waals surface area contributed by atoms with Crippen LogP contribution in [0.5, 0.6) is 11.8 Å². The Morgan fingerprint density at radius 1 is 1.25 bits per heavy atom. The van der Waals surface area contributed by atoms with Crippen molar-refractivity contribution in [1.82, 2.24) is 24.6 Å². The zero-order valence-corrected chi connectivity index (χ0v) is 13.4. The molecule has 3 heterocycles. The first-order valence-electron chi connectivity index (χ1n) is 7.44. The van der Waals surface area contributed by atoms with Crippen LogP contribution in [-0.2, 0) is 7.05 Å². The minimum absolute atomic E-state index is 0.202. The Labute approximate surface area is 137 Å². The number of hydrogen-bond acceptors (Lipinski definition) is 7. The summed E-state index contributed by atoms with van der Waals surface area (Å²) in [5, 5.41) is 3.98. The molecule has 2 aromatic heterocycles. The van der Waals surface area contributed by atoms with E-state index in [0.717, 1.165) is 4.68 Å². The first-order valence-corrected chi connectivity index (χ1v) is 7.44. The van der Waals surface area contributed by atoms with Crippen LogP contribution in [0.4, 0.5) is 0 Å². The van der Waals surface area contributed by atoms with Gasteiger partial charge in [0.25, 0.3) is 23.2 Å². The molecule has 1 saturated heterocycles. The maximum Gasteiger partial charge on any atom is 0.278 e. The van der Waals surface area contributed by atoms with Gasteiger partial charge in [0.15, 0.2) is 0 Å². The third-order valence-corrected chi connectivity index (χ3v) is 3.72. The number of ether oxygens (including phenoxy) is 2. The van der Waals surface area contributed by atoms with Crippen molar-refractivity contribution >= 4 is 5.91 Å². The molecule has 1 unspecified atom stereocenters. The molecule has 1 fully saturated rings. The predicted molar refractivity (Wildman–Crippen MR) is 83.0 cm³/mol. The Morgan fingerprint density at radius 2 is 2.00 bits per heavy atom. The van der Waals surface area contributed by atoms with E-state index < -0.39 is 0 Å². The number of rotatable bonds is 4. The van der Waals surface area contributed by atoms with Crippen molar-refractivity contribution < 1.29 is 14.3 Å². The lowest BCUT2D eigenvalue weighted by molar-refractivity contribution is 0.0762. The van der Waals surface area contributed by atoms with Crippen LogP contribution in [0.3, 0.4) is 0 Å². The van der Waals surface area contributed by atoms with Gasteiger partial charge in [0, 0.05) is 38.5 Å². The van der Waals surface area contributed by atoms with Crippen LogP contribution < -0.4 is 15.0 Å². The number of aromatic nitrogens is 4. The van der Waals surface area contributed by atoms with Crippen molar-refractivity contribution in [1.29, 1.82) is 0 Å². The summed E-state index contributed by atoms with van der Waals surface area (Å²) >= 11 is 0. The Hall–Kier alpha value is -2.97. The first kappa shape index (κ1) is 15.9. The monoisotopic (exact) mass is 331 g/mol. The van der Waals surface area contributed by atoms with Gasteiger partial charge >= 0.3 is 0 Å². The number of amides is 1. The minimum atomic E-state index is -0.260. The van der Waals surface area contributed by atoms with E-state index in [2.05, 4.69) is 15.1 Å². The molecule has 1 amide bonds. The van der Waals surface area contributed by atoms with Crippen molar-refractivity contribution in [2.75, 3.05) is 20.2 Å². The van der Waals surface area contributed by atoms with Crippen molar-refractivity contribution in [3.8, 4) is 11.8 Å². The minimum Gasteiger partial charge on any atom is -0.477 e.